The molecule has 1 aliphatic rings. The summed E-state index contributed by atoms with van der Waals surface area (Å²) in [6.45, 7) is 9.95. The van der Waals surface area contributed by atoms with Gasteiger partial charge >= 0.3 is 0 Å². The van der Waals surface area contributed by atoms with Gasteiger partial charge in [0.25, 0.3) is 0 Å². The Balaban J connectivity index is 1.14. The summed E-state index contributed by atoms with van der Waals surface area (Å²) in [5.41, 5.74) is 5.63. The molecule has 1 saturated heterocycles. The molecule has 9 heteroatoms. The number of hydrogen-bond acceptors (Lipinski definition) is 6. The summed E-state index contributed by atoms with van der Waals surface area (Å²) in [7, 11) is 0. The third-order valence-electron chi connectivity index (χ3n) is 8.57. The minimum atomic E-state index is -0.847. The Labute approximate surface area is 285 Å². The van der Waals surface area contributed by atoms with Gasteiger partial charge in [0.05, 0.1) is 11.1 Å². The minimum absolute atomic E-state index is 0.0251. The largest absolute Gasteiger partial charge is 0.492 e. The van der Waals surface area contributed by atoms with E-state index in [1.807, 2.05) is 90.4 Å². The monoisotopic (exact) mass is 659 g/mol. The van der Waals surface area contributed by atoms with E-state index in [-0.39, 0.29) is 6.42 Å². The lowest BCUT2D eigenvalue weighted by Gasteiger charge is -2.15. The normalized spacial score (nSPS) is 13.7. The fourth-order valence-corrected chi connectivity index (χ4v) is 6.09. The molecule has 7 nitrogen and oxygen atoms in total. The van der Waals surface area contributed by atoms with Crippen molar-refractivity contribution in [2.45, 2.75) is 32.6 Å². The van der Waals surface area contributed by atoms with E-state index in [9.17, 15) is 13.6 Å². The molecule has 0 unspecified atom stereocenters. The first-order valence-corrected chi connectivity index (χ1v) is 16.5. The number of allylic oxidation sites excluding steroid dienone is 2. The van der Waals surface area contributed by atoms with E-state index in [0.717, 1.165) is 76.7 Å². The van der Waals surface area contributed by atoms with Gasteiger partial charge in [-0.15, -0.1) is 0 Å². The second kappa shape index (κ2) is 15.7. The van der Waals surface area contributed by atoms with Gasteiger partial charge in [-0.2, -0.15) is 5.10 Å². The number of pyridine rings is 1. The highest BCUT2D eigenvalue weighted by Crippen LogP contribution is 2.32. The van der Waals surface area contributed by atoms with E-state index in [1.54, 1.807) is 6.21 Å². The van der Waals surface area contributed by atoms with Crippen molar-refractivity contribution in [2.75, 3.05) is 31.6 Å². The number of hydrogen-bond donors (Lipinski definition) is 1. The van der Waals surface area contributed by atoms with Crippen molar-refractivity contribution < 1.29 is 18.3 Å². The van der Waals surface area contributed by atoms with Crippen LogP contribution in [0.4, 0.5) is 14.5 Å². The highest BCUT2D eigenvalue weighted by molar-refractivity contribution is 5.97. The molecule has 0 atom stereocenters. The highest BCUT2D eigenvalue weighted by atomic mass is 19.1. The maximum absolute atomic E-state index is 14.2. The lowest BCUT2D eigenvalue weighted by molar-refractivity contribution is 0.0974. The average Bonchev–Trinajstić information content (AvgIpc) is 3.76. The molecule has 0 amide bonds. The van der Waals surface area contributed by atoms with E-state index in [1.165, 1.54) is 18.9 Å². The number of Topliss-reactive ketones (excluding diaryl/α,β-unsaturated/α-hetero) is 1. The van der Waals surface area contributed by atoms with E-state index < -0.39 is 23.0 Å². The maximum atomic E-state index is 14.2. The summed E-state index contributed by atoms with van der Waals surface area (Å²) >= 11 is 0. The van der Waals surface area contributed by atoms with E-state index in [2.05, 4.69) is 21.8 Å². The van der Waals surface area contributed by atoms with Crippen LogP contribution in [0.3, 0.4) is 0 Å². The van der Waals surface area contributed by atoms with Crippen LogP contribution in [0, 0.1) is 11.6 Å². The number of likely N-dealkylation sites (tertiary alicyclic amines) is 1. The summed E-state index contributed by atoms with van der Waals surface area (Å²) in [6.07, 6.45) is 8.35. The number of aliphatic imine (C=N–C) groups is 1. The van der Waals surface area contributed by atoms with E-state index >= 15 is 0 Å². The van der Waals surface area contributed by atoms with Crippen LogP contribution in [0.2, 0.25) is 0 Å². The Morgan fingerprint density at radius 1 is 0.980 bits per heavy atom. The number of carbonyl (C=O) groups excluding carboxylic acids is 1. The van der Waals surface area contributed by atoms with Gasteiger partial charge in [-0.1, -0.05) is 43.0 Å². The molecule has 1 fully saturated rings. The summed E-state index contributed by atoms with van der Waals surface area (Å²) in [6, 6.07) is 24.8. The molecule has 3 heterocycles. The summed E-state index contributed by atoms with van der Waals surface area (Å²) < 4.78 is 36.1. The number of anilines is 1. The van der Waals surface area contributed by atoms with E-state index in [0.29, 0.717) is 18.8 Å². The Bertz CT molecular complexity index is 2010. The minimum Gasteiger partial charge on any atom is -0.492 e. The number of nitrogens with one attached hydrogen (secondary N) is 1. The van der Waals surface area contributed by atoms with Crippen LogP contribution < -0.4 is 10.1 Å². The van der Waals surface area contributed by atoms with Crippen molar-refractivity contribution in [3.05, 3.63) is 138 Å². The summed E-state index contributed by atoms with van der Waals surface area (Å²) in [5, 5.41) is 8.12. The maximum Gasteiger partial charge on any atom is 0.169 e. The summed E-state index contributed by atoms with van der Waals surface area (Å²) in [5.74, 6) is -0.985. The van der Waals surface area contributed by atoms with Gasteiger partial charge in [0.15, 0.2) is 5.78 Å². The lowest BCUT2D eigenvalue weighted by Crippen LogP contribution is -2.25. The number of halogens is 2. The van der Waals surface area contributed by atoms with Crippen LogP contribution in [0.15, 0.2) is 115 Å². The molecule has 2 aromatic heterocycles. The number of nitrogens with zero attached hydrogens (tertiary/aromatic N) is 4. The highest BCUT2D eigenvalue weighted by Gasteiger charge is 2.19. The van der Waals surface area contributed by atoms with Gasteiger partial charge in [-0.3, -0.25) is 9.69 Å². The van der Waals surface area contributed by atoms with Crippen molar-refractivity contribution in [1.29, 1.82) is 0 Å². The van der Waals surface area contributed by atoms with Crippen LogP contribution >= 0.6 is 0 Å². The topological polar surface area (TPSA) is 71.2 Å². The molecule has 1 N–H and O–H groups in total. The van der Waals surface area contributed by atoms with Gasteiger partial charge in [0.2, 0.25) is 0 Å². The zero-order valence-electron chi connectivity index (χ0n) is 27.5. The van der Waals surface area contributed by atoms with Crippen molar-refractivity contribution in [1.82, 2.24) is 14.5 Å². The number of aryl methyl sites for hydroxylation is 1. The number of ketones is 1. The van der Waals surface area contributed by atoms with Gasteiger partial charge in [0.1, 0.15) is 35.5 Å². The molecule has 0 spiro atoms. The molecular formula is C40H39F2N5O2. The van der Waals surface area contributed by atoms with Crippen LogP contribution in [-0.2, 0) is 6.42 Å². The quantitative estimate of drug-likeness (QED) is 0.0955. The molecule has 0 bridgehead atoms. The molecule has 0 aliphatic carbocycles. The number of fused-ring (bicyclic) bond motifs is 1. The number of ether oxygens (including phenoxy) is 1. The first kappa shape index (κ1) is 33.5. The van der Waals surface area contributed by atoms with Crippen LogP contribution in [-0.4, -0.2) is 52.8 Å². The lowest BCUT2D eigenvalue weighted by atomic mass is 9.97. The molecule has 0 radical (unpaired) electrons. The van der Waals surface area contributed by atoms with Crippen LogP contribution in [0.1, 0.15) is 47.7 Å². The number of aromatic nitrogens is 2. The Kier molecular flexibility index (Phi) is 10.7. The first-order valence-electron chi connectivity index (χ1n) is 16.5. The number of carbonyl (C=O) groups is 1. The van der Waals surface area contributed by atoms with Crippen molar-refractivity contribution in [2.24, 2.45) is 4.99 Å². The fourth-order valence-electron chi connectivity index (χ4n) is 6.09. The molecule has 0 saturated carbocycles. The van der Waals surface area contributed by atoms with Gasteiger partial charge in [-0.05, 0) is 99.0 Å². The third kappa shape index (κ3) is 8.36. The average molecular weight is 660 g/mol. The molecule has 6 rings (SSSR count). The Morgan fingerprint density at radius 2 is 1.76 bits per heavy atom. The predicted molar refractivity (Wildman–Crippen MR) is 192 cm³/mol. The number of benzene rings is 3. The third-order valence-corrected chi connectivity index (χ3v) is 8.57. The first-order chi connectivity index (χ1) is 23.9. The van der Waals surface area contributed by atoms with Gasteiger partial charge < -0.3 is 10.1 Å². The molecule has 1 aliphatic heterocycles. The molecule has 3 aromatic carbocycles. The van der Waals surface area contributed by atoms with Crippen molar-refractivity contribution >= 4 is 28.8 Å². The zero-order chi connectivity index (χ0) is 34.2. The predicted octanol–water partition coefficient (Wildman–Crippen LogP) is 8.63. The van der Waals surface area contributed by atoms with Crippen LogP contribution in [0.5, 0.6) is 5.75 Å². The van der Waals surface area contributed by atoms with Crippen molar-refractivity contribution in [3.63, 3.8) is 0 Å². The SMILES string of the molecule is C=C(/N=C\C=C(/C)c1c(-c2cccc(CCC(=O)c3c(F)cccc3F)c2)nn2ccccc12)Nc1cccc(OCCN2CCCC2)c1. The molecule has 250 valence electrons. The van der Waals surface area contributed by atoms with E-state index in [4.69, 9.17) is 9.84 Å². The molecule has 5 aromatic rings. The Hall–Kier alpha value is -5.41. The number of rotatable bonds is 14. The second-order valence-corrected chi connectivity index (χ2v) is 12.1. The van der Waals surface area contributed by atoms with Crippen molar-refractivity contribution in [3.8, 4) is 17.0 Å². The Morgan fingerprint density at radius 3 is 2.57 bits per heavy atom. The second-order valence-electron chi connectivity index (χ2n) is 12.1. The zero-order valence-corrected chi connectivity index (χ0v) is 27.5. The van der Waals surface area contributed by atoms with Crippen LogP contribution in [0.25, 0.3) is 22.3 Å². The fraction of sp³-hybridized carbons (Fsp3) is 0.225. The standard InChI is InChI=1S/C40H39F2N5O2/c1-28(19-20-43-29(2)44-32-12-8-13-33(27-32)49-25-24-46-21-5-6-22-46)38-36-16-3-4-23-47(36)45-40(38)31-11-7-10-30(26-31)17-18-37(48)39-34(41)14-9-15-35(39)42/h3-4,7-16,19-20,23,26-27,44H,2,5-6,17-18,21-22,24-25H2,1H3/b28-19+,43-20-. The van der Waals surface area contributed by atoms with Gasteiger partial charge in [0, 0.05) is 48.3 Å². The smallest absolute Gasteiger partial charge is 0.169 e. The molecule has 49 heavy (non-hydrogen) atoms. The molecular weight excluding hydrogens is 620 g/mol. The van der Waals surface area contributed by atoms with Gasteiger partial charge in [-0.25, -0.2) is 18.3 Å². The summed E-state index contributed by atoms with van der Waals surface area (Å²) in [4.78, 5) is 19.6.